The molecule has 0 aromatic carbocycles. The first kappa shape index (κ1) is 16.4. The summed E-state index contributed by atoms with van der Waals surface area (Å²) in [4.78, 5) is 14.3. The topological polar surface area (TPSA) is 50.8 Å². The van der Waals surface area contributed by atoms with Gasteiger partial charge in [-0.15, -0.1) is 0 Å². The number of methoxy groups -OCH3 is 1. The average Bonchev–Trinajstić information content (AvgIpc) is 2.36. The SMILES string of the molecule is CNC(C)(CC(C)N1C[C@@H](C)O[C@@H](C)C1)C(=O)OC. The molecule has 19 heavy (non-hydrogen) atoms. The lowest BCUT2D eigenvalue weighted by Crippen LogP contribution is -2.55. The molecule has 5 heteroatoms. The molecule has 0 bridgehead atoms. The number of ether oxygens (including phenoxy) is 2. The predicted octanol–water partition coefficient (Wildman–Crippen LogP) is 1.03. The molecule has 1 saturated heterocycles. The summed E-state index contributed by atoms with van der Waals surface area (Å²) in [7, 11) is 3.23. The third-order valence-electron chi connectivity index (χ3n) is 3.96. The van der Waals surface area contributed by atoms with Crippen LogP contribution in [-0.2, 0) is 14.3 Å². The molecule has 112 valence electrons. The van der Waals surface area contributed by atoms with Gasteiger partial charge in [0, 0.05) is 19.1 Å². The number of likely N-dealkylation sites (N-methyl/N-ethyl adjacent to an activating group) is 1. The minimum absolute atomic E-state index is 0.212. The molecule has 1 fully saturated rings. The van der Waals surface area contributed by atoms with Crippen molar-refractivity contribution in [1.29, 1.82) is 0 Å². The average molecular weight is 272 g/mol. The van der Waals surface area contributed by atoms with Crippen LogP contribution in [0.3, 0.4) is 0 Å². The minimum atomic E-state index is -0.640. The van der Waals surface area contributed by atoms with Gasteiger partial charge in [-0.25, -0.2) is 0 Å². The zero-order valence-corrected chi connectivity index (χ0v) is 13.0. The molecule has 1 aliphatic rings. The number of hydrogen-bond acceptors (Lipinski definition) is 5. The molecule has 1 rings (SSSR count). The van der Waals surface area contributed by atoms with E-state index < -0.39 is 5.54 Å². The van der Waals surface area contributed by atoms with Gasteiger partial charge in [0.05, 0.1) is 19.3 Å². The number of nitrogens with one attached hydrogen (secondary N) is 1. The zero-order chi connectivity index (χ0) is 14.6. The Kier molecular flexibility index (Phi) is 5.77. The Balaban J connectivity index is 2.66. The van der Waals surface area contributed by atoms with Crippen molar-refractivity contribution in [3.63, 3.8) is 0 Å². The molecule has 0 radical (unpaired) electrons. The van der Waals surface area contributed by atoms with Gasteiger partial charge in [0.15, 0.2) is 0 Å². The van der Waals surface area contributed by atoms with Gasteiger partial charge in [0.1, 0.15) is 5.54 Å². The minimum Gasteiger partial charge on any atom is -0.468 e. The third-order valence-corrected chi connectivity index (χ3v) is 3.96. The molecule has 0 amide bonds. The fraction of sp³-hybridized carbons (Fsp3) is 0.929. The Hall–Kier alpha value is -0.650. The van der Waals surface area contributed by atoms with Crippen LogP contribution in [0.5, 0.6) is 0 Å². The molecule has 1 aliphatic heterocycles. The highest BCUT2D eigenvalue weighted by molar-refractivity contribution is 5.80. The van der Waals surface area contributed by atoms with Crippen LogP contribution in [0.1, 0.15) is 34.1 Å². The van der Waals surface area contributed by atoms with E-state index in [0.717, 1.165) is 19.5 Å². The summed E-state index contributed by atoms with van der Waals surface area (Å²) < 4.78 is 10.6. The third kappa shape index (κ3) is 4.16. The van der Waals surface area contributed by atoms with E-state index in [1.165, 1.54) is 7.11 Å². The van der Waals surface area contributed by atoms with Crippen LogP contribution in [0.15, 0.2) is 0 Å². The van der Waals surface area contributed by atoms with Crippen LogP contribution in [0.2, 0.25) is 0 Å². The Bertz CT molecular complexity index is 301. The number of carbonyl (C=O) groups is 1. The number of hydrogen-bond donors (Lipinski definition) is 1. The molecule has 0 saturated carbocycles. The largest absolute Gasteiger partial charge is 0.468 e. The molecule has 0 aliphatic carbocycles. The van der Waals surface area contributed by atoms with E-state index in [1.807, 2.05) is 6.92 Å². The van der Waals surface area contributed by atoms with Crippen molar-refractivity contribution in [2.24, 2.45) is 0 Å². The number of esters is 1. The van der Waals surface area contributed by atoms with Crippen LogP contribution in [0.25, 0.3) is 0 Å². The van der Waals surface area contributed by atoms with E-state index in [2.05, 4.69) is 31.0 Å². The van der Waals surface area contributed by atoms with Crippen LogP contribution < -0.4 is 5.32 Å². The van der Waals surface area contributed by atoms with Crippen LogP contribution in [0.4, 0.5) is 0 Å². The Morgan fingerprint density at radius 3 is 2.42 bits per heavy atom. The van der Waals surface area contributed by atoms with Crippen LogP contribution >= 0.6 is 0 Å². The number of carbonyl (C=O) groups excluding carboxylic acids is 1. The highest BCUT2D eigenvalue weighted by Crippen LogP contribution is 2.21. The highest BCUT2D eigenvalue weighted by Gasteiger charge is 2.37. The molecule has 4 atom stereocenters. The molecule has 0 spiro atoms. The quantitative estimate of drug-likeness (QED) is 0.758. The number of morpholine rings is 1. The Morgan fingerprint density at radius 2 is 2.00 bits per heavy atom. The molecular formula is C14H28N2O3. The van der Waals surface area contributed by atoms with Crippen molar-refractivity contribution < 1.29 is 14.3 Å². The standard InChI is InChI=1S/C14H28N2O3/c1-10(7-14(4,15-5)13(17)18-6)16-8-11(2)19-12(3)9-16/h10-12,15H,7-9H2,1-6H3/t10?,11-,12+,14?. The molecular weight excluding hydrogens is 244 g/mol. The lowest BCUT2D eigenvalue weighted by Gasteiger charge is -2.41. The van der Waals surface area contributed by atoms with Crippen molar-refractivity contribution in [2.45, 2.75) is 57.9 Å². The second-order valence-corrected chi connectivity index (χ2v) is 5.84. The maximum Gasteiger partial charge on any atom is 0.325 e. The van der Waals surface area contributed by atoms with Gasteiger partial charge in [0.25, 0.3) is 0 Å². The van der Waals surface area contributed by atoms with Crippen molar-refractivity contribution >= 4 is 5.97 Å². The number of rotatable bonds is 5. The summed E-state index contributed by atoms with van der Waals surface area (Å²) in [5, 5.41) is 3.09. The summed E-state index contributed by atoms with van der Waals surface area (Å²) in [5.74, 6) is -0.212. The maximum absolute atomic E-state index is 11.9. The first-order valence-electron chi connectivity index (χ1n) is 6.99. The molecule has 1 heterocycles. The van der Waals surface area contributed by atoms with Crippen molar-refractivity contribution in [3.8, 4) is 0 Å². The van der Waals surface area contributed by atoms with Crippen molar-refractivity contribution in [1.82, 2.24) is 10.2 Å². The Labute approximate surface area is 116 Å². The fourth-order valence-electron chi connectivity index (χ4n) is 2.81. The smallest absolute Gasteiger partial charge is 0.325 e. The van der Waals surface area contributed by atoms with E-state index in [4.69, 9.17) is 9.47 Å². The maximum atomic E-state index is 11.9. The van der Waals surface area contributed by atoms with Gasteiger partial charge in [-0.05, 0) is 41.2 Å². The van der Waals surface area contributed by atoms with Gasteiger partial charge in [-0.3, -0.25) is 9.69 Å². The van der Waals surface area contributed by atoms with Gasteiger partial charge in [-0.2, -0.15) is 0 Å². The molecule has 0 aromatic heterocycles. The molecule has 2 unspecified atom stereocenters. The summed E-state index contributed by atoms with van der Waals surface area (Å²) >= 11 is 0. The van der Waals surface area contributed by atoms with Gasteiger partial charge in [0.2, 0.25) is 0 Å². The predicted molar refractivity (Wildman–Crippen MR) is 75.1 cm³/mol. The molecule has 5 nitrogen and oxygen atoms in total. The first-order valence-corrected chi connectivity index (χ1v) is 6.99. The van der Waals surface area contributed by atoms with E-state index in [1.54, 1.807) is 7.05 Å². The lowest BCUT2D eigenvalue weighted by atomic mass is 9.92. The molecule has 0 aromatic rings. The van der Waals surface area contributed by atoms with Crippen LogP contribution in [0, 0.1) is 0 Å². The zero-order valence-electron chi connectivity index (χ0n) is 13.0. The summed E-state index contributed by atoms with van der Waals surface area (Å²) in [5.41, 5.74) is -0.640. The second kappa shape index (κ2) is 6.68. The van der Waals surface area contributed by atoms with Gasteiger partial charge < -0.3 is 14.8 Å². The lowest BCUT2D eigenvalue weighted by molar-refractivity contribution is -0.149. The van der Waals surface area contributed by atoms with Gasteiger partial charge >= 0.3 is 5.97 Å². The highest BCUT2D eigenvalue weighted by atomic mass is 16.5. The Morgan fingerprint density at radius 1 is 1.47 bits per heavy atom. The summed E-state index contributed by atoms with van der Waals surface area (Å²) in [6.07, 6.45) is 1.20. The van der Waals surface area contributed by atoms with Crippen LogP contribution in [-0.4, -0.2) is 61.9 Å². The summed E-state index contributed by atoms with van der Waals surface area (Å²) in [6.45, 7) is 10.0. The first-order chi connectivity index (χ1) is 8.82. The number of nitrogens with zero attached hydrogens (tertiary/aromatic N) is 1. The van der Waals surface area contributed by atoms with Crippen molar-refractivity contribution in [2.75, 3.05) is 27.2 Å². The fourth-order valence-corrected chi connectivity index (χ4v) is 2.81. The molecule has 1 N–H and O–H groups in total. The van der Waals surface area contributed by atoms with E-state index in [-0.39, 0.29) is 18.2 Å². The van der Waals surface area contributed by atoms with E-state index >= 15 is 0 Å². The van der Waals surface area contributed by atoms with E-state index in [9.17, 15) is 4.79 Å². The van der Waals surface area contributed by atoms with E-state index in [0.29, 0.717) is 6.04 Å². The summed E-state index contributed by atoms with van der Waals surface area (Å²) in [6, 6.07) is 0.297. The van der Waals surface area contributed by atoms with Gasteiger partial charge in [-0.1, -0.05) is 0 Å². The normalized spacial score (nSPS) is 29.6. The monoisotopic (exact) mass is 272 g/mol. The van der Waals surface area contributed by atoms with Crippen molar-refractivity contribution in [3.05, 3.63) is 0 Å². The second-order valence-electron chi connectivity index (χ2n) is 5.84.